The minimum Gasteiger partial charge on any atom is -0.333 e. The van der Waals surface area contributed by atoms with E-state index in [1.807, 2.05) is 0 Å². The molecule has 0 spiro atoms. The van der Waals surface area contributed by atoms with Crippen LogP contribution in [-0.4, -0.2) is 25.5 Å². The van der Waals surface area contributed by atoms with E-state index in [1.54, 1.807) is 0 Å². The van der Waals surface area contributed by atoms with Gasteiger partial charge in [0.2, 0.25) is 0 Å². The van der Waals surface area contributed by atoms with E-state index in [2.05, 4.69) is 109 Å². The van der Waals surface area contributed by atoms with Crippen LogP contribution in [0.3, 0.4) is 0 Å². The van der Waals surface area contributed by atoms with E-state index in [4.69, 9.17) is 9.98 Å². The van der Waals surface area contributed by atoms with Crippen LogP contribution in [0.25, 0.3) is 11.1 Å². The third-order valence-corrected chi connectivity index (χ3v) is 6.34. The molecule has 4 N–H and O–H groups in total. The summed E-state index contributed by atoms with van der Waals surface area (Å²) >= 11 is 0. The molecule has 182 valence electrons. The molecule has 0 saturated carbocycles. The molecule has 6 rings (SSSR count). The predicted octanol–water partition coefficient (Wildman–Crippen LogP) is 6.25. The van der Waals surface area contributed by atoms with Gasteiger partial charge in [0.1, 0.15) is 0 Å². The van der Waals surface area contributed by atoms with Crippen molar-refractivity contribution in [3.8, 4) is 11.1 Å². The number of rotatable bonds is 5. The quantitative estimate of drug-likeness (QED) is 0.359. The van der Waals surface area contributed by atoms with Crippen LogP contribution in [-0.2, 0) is 25.7 Å². The topological polar surface area (TPSA) is 76.8 Å². The van der Waals surface area contributed by atoms with Crippen LogP contribution in [0.4, 0.5) is 11.4 Å². The molecule has 0 amide bonds. The van der Waals surface area contributed by atoms with E-state index >= 15 is 0 Å². The highest BCUT2D eigenvalue weighted by Crippen LogP contribution is 2.35. The lowest BCUT2D eigenvalue weighted by molar-refractivity contribution is 1.26. The molecule has 0 saturated heterocycles. The van der Waals surface area contributed by atoms with Crippen LogP contribution >= 0.6 is 0 Å². The maximum atomic E-state index is 4.89. The summed E-state index contributed by atoms with van der Waals surface area (Å²) in [4.78, 5) is 9.78. The lowest BCUT2D eigenvalue weighted by Gasteiger charge is -2.07. The minimum absolute atomic E-state index is 0.922. The van der Waals surface area contributed by atoms with Crippen molar-refractivity contribution in [1.29, 1.82) is 0 Å². The summed E-state index contributed by atoms with van der Waals surface area (Å²) in [5.74, 6) is 0. The van der Waals surface area contributed by atoms with E-state index in [0.29, 0.717) is 0 Å². The van der Waals surface area contributed by atoms with Crippen LogP contribution in [0.2, 0.25) is 0 Å². The average molecular weight is 475 g/mol. The molecule has 0 aromatic heterocycles. The Balaban J connectivity index is 0.000000726. The molecule has 2 aliphatic rings. The Morgan fingerprint density at radius 3 is 1.31 bits per heavy atom. The van der Waals surface area contributed by atoms with Crippen LogP contribution < -0.4 is 11.5 Å². The molecule has 4 aromatic rings. The maximum Gasteiger partial charge on any atom is 0.0665 e. The van der Waals surface area contributed by atoms with Crippen LogP contribution in [0, 0.1) is 0 Å². The molecule has 4 nitrogen and oxygen atoms in total. The molecule has 0 unspecified atom stereocenters. The molecule has 2 aliphatic heterocycles. The first kappa shape index (κ1) is 25.2. The second kappa shape index (κ2) is 12.2. The second-order valence-corrected chi connectivity index (χ2v) is 8.72. The number of hydrogen-bond acceptors (Lipinski definition) is 4. The minimum atomic E-state index is 0.922. The van der Waals surface area contributed by atoms with Gasteiger partial charge in [-0.3, -0.25) is 9.98 Å². The first-order valence-corrected chi connectivity index (χ1v) is 12.4. The molecule has 0 atom stereocenters. The summed E-state index contributed by atoms with van der Waals surface area (Å²) in [7, 11) is 3.00. The zero-order valence-electron chi connectivity index (χ0n) is 21.1. The summed E-state index contributed by atoms with van der Waals surface area (Å²) in [5.41, 5.74) is 21.6. The number of fused-ring (bicyclic) bond motifs is 2. The monoisotopic (exact) mass is 474 g/mol. The average Bonchev–Trinajstić information content (AvgIpc) is 3.54. The van der Waals surface area contributed by atoms with Crippen LogP contribution in [0.15, 0.2) is 107 Å². The predicted molar refractivity (Wildman–Crippen MR) is 154 cm³/mol. The molecule has 0 bridgehead atoms. The fraction of sp³-hybridized carbons (Fsp3) is 0.188. The van der Waals surface area contributed by atoms with E-state index < -0.39 is 0 Å². The molecule has 0 aliphatic carbocycles. The van der Waals surface area contributed by atoms with Gasteiger partial charge >= 0.3 is 0 Å². The Labute approximate surface area is 214 Å². The lowest BCUT2D eigenvalue weighted by atomic mass is 9.96. The second-order valence-electron chi connectivity index (χ2n) is 8.72. The number of nitrogens with zero attached hydrogens (tertiary/aromatic N) is 2. The molecule has 2 heterocycles. The number of benzene rings is 4. The Morgan fingerprint density at radius 2 is 0.917 bits per heavy atom. The molecule has 0 fully saturated rings. The van der Waals surface area contributed by atoms with E-state index in [1.165, 1.54) is 58.9 Å². The molecule has 4 aromatic carbocycles. The fourth-order valence-electron chi connectivity index (χ4n) is 4.76. The van der Waals surface area contributed by atoms with Crippen LogP contribution in [0.1, 0.15) is 22.3 Å². The van der Waals surface area contributed by atoms with Crippen molar-refractivity contribution in [2.45, 2.75) is 25.7 Å². The Hall–Kier alpha value is -3.86. The highest BCUT2D eigenvalue weighted by atomic mass is 14.8. The summed E-state index contributed by atoms with van der Waals surface area (Å²) in [6, 6.07) is 34.6. The van der Waals surface area contributed by atoms with E-state index in [-0.39, 0.29) is 0 Å². The van der Waals surface area contributed by atoms with Crippen molar-refractivity contribution in [2.75, 3.05) is 14.1 Å². The highest BCUT2D eigenvalue weighted by molar-refractivity contribution is 5.97. The standard InChI is InChI=1S/C30H24N2.2CH5N/c1-3-7-21(8-4-1)15-27-19-25-17-23(11-13-29(25)31-27)24-12-14-30-26(18-24)20-28(32-30)16-22-9-5-2-6-10-22;2*1-2/h1-14,17-18H,15-16,19-20H2;2*2H2,1H3. The van der Waals surface area contributed by atoms with Gasteiger partial charge in [-0.05, 0) is 71.7 Å². The zero-order valence-corrected chi connectivity index (χ0v) is 21.1. The molecular weight excluding hydrogens is 440 g/mol. The Morgan fingerprint density at radius 1 is 0.528 bits per heavy atom. The summed E-state index contributed by atoms with van der Waals surface area (Å²) in [6.07, 6.45) is 3.72. The van der Waals surface area contributed by atoms with Gasteiger partial charge in [-0.2, -0.15) is 0 Å². The van der Waals surface area contributed by atoms with E-state index in [0.717, 1.165) is 37.1 Å². The zero-order chi connectivity index (χ0) is 25.3. The van der Waals surface area contributed by atoms with Gasteiger partial charge in [0.15, 0.2) is 0 Å². The van der Waals surface area contributed by atoms with Gasteiger partial charge in [0, 0.05) is 37.1 Å². The normalized spacial score (nSPS) is 12.8. The third kappa shape index (κ3) is 5.85. The van der Waals surface area contributed by atoms with Crippen molar-refractivity contribution >= 4 is 22.8 Å². The Bertz CT molecular complexity index is 1250. The van der Waals surface area contributed by atoms with Gasteiger partial charge in [-0.15, -0.1) is 0 Å². The SMILES string of the molecule is CN.CN.c1ccc(CC2=Nc3ccc(-c4ccc5c(c4)CC(Cc4ccccc4)=N5)cc3C2)cc1. The third-order valence-electron chi connectivity index (χ3n) is 6.34. The van der Waals surface area contributed by atoms with Crippen molar-refractivity contribution < 1.29 is 0 Å². The molecule has 4 heteroatoms. The largest absolute Gasteiger partial charge is 0.333 e. The van der Waals surface area contributed by atoms with Crippen molar-refractivity contribution in [1.82, 2.24) is 0 Å². The summed E-state index contributed by atoms with van der Waals surface area (Å²) in [6.45, 7) is 0. The van der Waals surface area contributed by atoms with Gasteiger partial charge in [-0.25, -0.2) is 0 Å². The number of hydrogen-bond donors (Lipinski definition) is 2. The lowest BCUT2D eigenvalue weighted by Crippen LogP contribution is -2.02. The number of aliphatic imine (C=N–C) groups is 2. The van der Waals surface area contributed by atoms with Crippen molar-refractivity contribution in [2.24, 2.45) is 21.5 Å². The van der Waals surface area contributed by atoms with Gasteiger partial charge in [-0.1, -0.05) is 72.8 Å². The van der Waals surface area contributed by atoms with Crippen LogP contribution in [0.5, 0.6) is 0 Å². The number of nitrogens with two attached hydrogens (primary N) is 2. The van der Waals surface area contributed by atoms with Gasteiger partial charge in [0.25, 0.3) is 0 Å². The summed E-state index contributed by atoms with van der Waals surface area (Å²) in [5, 5.41) is 0. The van der Waals surface area contributed by atoms with Crippen molar-refractivity contribution in [3.63, 3.8) is 0 Å². The highest BCUT2D eigenvalue weighted by Gasteiger charge is 2.18. The molecule has 0 radical (unpaired) electrons. The van der Waals surface area contributed by atoms with Crippen molar-refractivity contribution in [3.05, 3.63) is 119 Å². The fourth-order valence-corrected chi connectivity index (χ4v) is 4.76. The Kier molecular flexibility index (Phi) is 8.56. The maximum absolute atomic E-state index is 4.89. The summed E-state index contributed by atoms with van der Waals surface area (Å²) < 4.78 is 0. The molecular formula is C32H34N4. The smallest absolute Gasteiger partial charge is 0.0665 e. The van der Waals surface area contributed by atoms with Gasteiger partial charge in [0.05, 0.1) is 11.4 Å². The first-order valence-electron chi connectivity index (χ1n) is 12.4. The first-order chi connectivity index (χ1) is 17.8. The van der Waals surface area contributed by atoms with Gasteiger partial charge < -0.3 is 11.5 Å². The molecule has 36 heavy (non-hydrogen) atoms. The van der Waals surface area contributed by atoms with E-state index in [9.17, 15) is 0 Å².